The number of piperidine rings is 1. The zero-order valence-corrected chi connectivity index (χ0v) is 18.7. The van der Waals surface area contributed by atoms with Gasteiger partial charge in [-0.1, -0.05) is 6.07 Å². The predicted molar refractivity (Wildman–Crippen MR) is 121 cm³/mol. The van der Waals surface area contributed by atoms with Crippen molar-refractivity contribution in [2.45, 2.75) is 45.2 Å². The summed E-state index contributed by atoms with van der Waals surface area (Å²) in [5.74, 6) is 1.74. The maximum absolute atomic E-state index is 5.67. The van der Waals surface area contributed by atoms with Crippen LogP contribution >= 0.6 is 24.0 Å². The van der Waals surface area contributed by atoms with Crippen molar-refractivity contribution in [1.82, 2.24) is 20.5 Å². The number of nitrogens with one attached hydrogen (secondary N) is 2. The standard InChI is InChI=1S/C20H33N5O.HI/c1-2-21-20(23-11-14-26-16-17-6-7-17)24-18-8-12-25(13-9-18)15-19-5-3-4-10-22-19;/h3-5,10,17-18H,2,6-9,11-16H2,1H3,(H2,21,23,24);1H. The Kier molecular flexibility index (Phi) is 10.4. The molecular formula is C20H34IN5O. The minimum atomic E-state index is 0. The summed E-state index contributed by atoms with van der Waals surface area (Å²) >= 11 is 0. The van der Waals surface area contributed by atoms with Crippen molar-refractivity contribution >= 4 is 29.9 Å². The molecule has 2 N–H and O–H groups in total. The molecule has 27 heavy (non-hydrogen) atoms. The fraction of sp³-hybridized carbons (Fsp3) is 0.700. The average Bonchev–Trinajstić information content (AvgIpc) is 3.48. The van der Waals surface area contributed by atoms with Gasteiger partial charge in [0.1, 0.15) is 0 Å². The van der Waals surface area contributed by atoms with Crippen LogP contribution in [0.1, 0.15) is 38.3 Å². The summed E-state index contributed by atoms with van der Waals surface area (Å²) in [4.78, 5) is 11.6. The van der Waals surface area contributed by atoms with E-state index in [2.05, 4.69) is 44.6 Å². The Bertz CT molecular complexity index is 545. The number of nitrogens with zero attached hydrogens (tertiary/aromatic N) is 3. The van der Waals surface area contributed by atoms with Crippen LogP contribution in [-0.4, -0.2) is 61.3 Å². The van der Waals surface area contributed by atoms with Gasteiger partial charge in [0, 0.05) is 45.0 Å². The van der Waals surface area contributed by atoms with Crippen LogP contribution in [0.4, 0.5) is 0 Å². The highest BCUT2D eigenvalue weighted by Gasteiger charge is 2.21. The van der Waals surface area contributed by atoms with Crippen LogP contribution in [0.15, 0.2) is 29.4 Å². The molecule has 0 bridgehead atoms. The van der Waals surface area contributed by atoms with Crippen LogP contribution in [0, 0.1) is 5.92 Å². The van der Waals surface area contributed by atoms with Gasteiger partial charge in [-0.15, -0.1) is 24.0 Å². The third-order valence-corrected chi connectivity index (χ3v) is 4.94. The number of hydrogen-bond acceptors (Lipinski definition) is 4. The number of halogens is 1. The minimum Gasteiger partial charge on any atom is -0.379 e. The normalized spacial score (nSPS) is 18.8. The Labute approximate surface area is 180 Å². The average molecular weight is 487 g/mol. The summed E-state index contributed by atoms with van der Waals surface area (Å²) in [5, 5.41) is 6.95. The van der Waals surface area contributed by atoms with E-state index >= 15 is 0 Å². The molecule has 1 aromatic heterocycles. The van der Waals surface area contributed by atoms with Gasteiger partial charge in [-0.05, 0) is 50.7 Å². The molecule has 152 valence electrons. The molecule has 0 amide bonds. The van der Waals surface area contributed by atoms with Gasteiger partial charge >= 0.3 is 0 Å². The predicted octanol–water partition coefficient (Wildman–Crippen LogP) is 2.65. The maximum atomic E-state index is 5.67. The molecule has 1 saturated carbocycles. The maximum Gasteiger partial charge on any atom is 0.191 e. The van der Waals surface area contributed by atoms with E-state index in [9.17, 15) is 0 Å². The van der Waals surface area contributed by atoms with Gasteiger partial charge in [-0.2, -0.15) is 0 Å². The summed E-state index contributed by atoms with van der Waals surface area (Å²) in [5.41, 5.74) is 1.15. The van der Waals surface area contributed by atoms with E-state index in [1.54, 1.807) is 0 Å². The second kappa shape index (κ2) is 12.5. The smallest absolute Gasteiger partial charge is 0.191 e. The Hall–Kier alpha value is -0.930. The van der Waals surface area contributed by atoms with Gasteiger partial charge in [-0.25, -0.2) is 0 Å². The minimum absolute atomic E-state index is 0. The largest absolute Gasteiger partial charge is 0.379 e. The first kappa shape index (κ1) is 22.4. The zero-order valence-electron chi connectivity index (χ0n) is 16.4. The Morgan fingerprint density at radius 3 is 2.74 bits per heavy atom. The summed E-state index contributed by atoms with van der Waals surface area (Å²) in [7, 11) is 0. The molecule has 2 aliphatic rings. The first-order valence-corrected chi connectivity index (χ1v) is 10.1. The number of hydrogen-bond donors (Lipinski definition) is 2. The molecular weight excluding hydrogens is 453 g/mol. The highest BCUT2D eigenvalue weighted by molar-refractivity contribution is 14.0. The fourth-order valence-electron chi connectivity index (χ4n) is 3.23. The van der Waals surface area contributed by atoms with Crippen molar-refractivity contribution in [3.8, 4) is 0 Å². The van der Waals surface area contributed by atoms with Crippen molar-refractivity contribution < 1.29 is 4.74 Å². The summed E-state index contributed by atoms with van der Waals surface area (Å²) < 4.78 is 5.67. The quantitative estimate of drug-likeness (QED) is 0.243. The summed E-state index contributed by atoms with van der Waals surface area (Å²) in [6.45, 7) is 8.48. The van der Waals surface area contributed by atoms with Crippen LogP contribution in [0.3, 0.4) is 0 Å². The van der Waals surface area contributed by atoms with E-state index in [0.29, 0.717) is 6.04 Å². The van der Waals surface area contributed by atoms with Gasteiger partial charge in [0.15, 0.2) is 5.96 Å². The van der Waals surface area contributed by atoms with Crippen LogP contribution in [0.2, 0.25) is 0 Å². The fourth-order valence-corrected chi connectivity index (χ4v) is 3.23. The second-order valence-electron chi connectivity index (χ2n) is 7.29. The Morgan fingerprint density at radius 2 is 2.07 bits per heavy atom. The van der Waals surface area contributed by atoms with Crippen LogP contribution in [0.5, 0.6) is 0 Å². The number of likely N-dealkylation sites (tertiary alicyclic amines) is 1. The molecule has 1 aliphatic heterocycles. The third-order valence-electron chi connectivity index (χ3n) is 4.94. The first-order chi connectivity index (χ1) is 12.8. The number of aliphatic imine (C=N–C) groups is 1. The molecule has 1 aromatic rings. The highest BCUT2D eigenvalue weighted by atomic mass is 127. The zero-order chi connectivity index (χ0) is 18.0. The van der Waals surface area contributed by atoms with Gasteiger partial charge in [0.2, 0.25) is 0 Å². The number of rotatable bonds is 9. The molecule has 2 fully saturated rings. The van der Waals surface area contributed by atoms with Crippen LogP contribution in [0.25, 0.3) is 0 Å². The van der Waals surface area contributed by atoms with E-state index in [1.807, 2.05) is 12.3 Å². The monoisotopic (exact) mass is 487 g/mol. The molecule has 0 atom stereocenters. The van der Waals surface area contributed by atoms with Gasteiger partial charge in [0.25, 0.3) is 0 Å². The Morgan fingerprint density at radius 1 is 1.26 bits per heavy atom. The topological polar surface area (TPSA) is 61.8 Å². The molecule has 0 unspecified atom stereocenters. The van der Waals surface area contributed by atoms with Gasteiger partial charge in [0.05, 0.1) is 18.8 Å². The van der Waals surface area contributed by atoms with Crippen molar-refractivity contribution in [3.05, 3.63) is 30.1 Å². The molecule has 7 heteroatoms. The molecule has 1 saturated heterocycles. The molecule has 0 aromatic carbocycles. The van der Waals surface area contributed by atoms with Crippen LogP contribution in [-0.2, 0) is 11.3 Å². The number of ether oxygens (including phenoxy) is 1. The summed E-state index contributed by atoms with van der Waals surface area (Å²) in [6.07, 6.45) is 6.82. The van der Waals surface area contributed by atoms with Crippen molar-refractivity contribution in [3.63, 3.8) is 0 Å². The third kappa shape index (κ3) is 8.74. The van der Waals surface area contributed by atoms with E-state index in [-0.39, 0.29) is 24.0 Å². The van der Waals surface area contributed by atoms with Gasteiger partial charge in [-0.3, -0.25) is 14.9 Å². The van der Waals surface area contributed by atoms with Gasteiger partial charge < -0.3 is 15.4 Å². The molecule has 0 spiro atoms. The first-order valence-electron chi connectivity index (χ1n) is 10.1. The molecule has 0 radical (unpaired) electrons. The van der Waals surface area contributed by atoms with E-state index < -0.39 is 0 Å². The van der Waals surface area contributed by atoms with Crippen molar-refractivity contribution in [1.29, 1.82) is 0 Å². The lowest BCUT2D eigenvalue weighted by Gasteiger charge is -2.32. The van der Waals surface area contributed by atoms with Crippen LogP contribution < -0.4 is 10.6 Å². The highest BCUT2D eigenvalue weighted by Crippen LogP contribution is 2.28. The van der Waals surface area contributed by atoms with E-state index in [1.165, 1.54) is 12.8 Å². The Balaban J connectivity index is 0.00000261. The lowest BCUT2D eigenvalue weighted by Crippen LogP contribution is -2.48. The number of pyridine rings is 1. The van der Waals surface area contributed by atoms with Crippen molar-refractivity contribution in [2.24, 2.45) is 10.9 Å². The second-order valence-corrected chi connectivity index (χ2v) is 7.29. The molecule has 2 heterocycles. The SMILES string of the molecule is CCNC(=NCCOCC1CC1)NC1CCN(Cc2ccccn2)CC1.I. The number of guanidine groups is 1. The molecule has 6 nitrogen and oxygen atoms in total. The molecule has 1 aliphatic carbocycles. The van der Waals surface area contributed by atoms with E-state index in [0.717, 1.165) is 76.4 Å². The summed E-state index contributed by atoms with van der Waals surface area (Å²) in [6, 6.07) is 6.62. The van der Waals surface area contributed by atoms with E-state index in [4.69, 9.17) is 4.74 Å². The number of aromatic nitrogens is 1. The van der Waals surface area contributed by atoms with Crippen molar-refractivity contribution in [2.75, 3.05) is 39.4 Å². The molecule has 3 rings (SSSR count). The lowest BCUT2D eigenvalue weighted by molar-refractivity contribution is 0.131. The lowest BCUT2D eigenvalue weighted by atomic mass is 10.0.